The van der Waals surface area contributed by atoms with Gasteiger partial charge in [0, 0.05) is 42.1 Å². The molecule has 4 nitrogen and oxygen atoms in total. The zero-order valence-corrected chi connectivity index (χ0v) is 15.8. The summed E-state index contributed by atoms with van der Waals surface area (Å²) in [6.07, 6.45) is 3.43. The minimum atomic E-state index is -3.50. The normalized spacial score (nSPS) is 22.7. The molecule has 1 fully saturated rings. The van der Waals surface area contributed by atoms with Crippen LogP contribution in [0.2, 0.25) is 0 Å². The van der Waals surface area contributed by atoms with Gasteiger partial charge in [0.05, 0.1) is 9.79 Å². The third kappa shape index (κ3) is 2.07. The van der Waals surface area contributed by atoms with Gasteiger partial charge in [0.15, 0.2) is 0 Å². The van der Waals surface area contributed by atoms with E-state index in [4.69, 9.17) is 0 Å². The van der Waals surface area contributed by atoms with E-state index in [-0.39, 0.29) is 0 Å². The smallest absolute Gasteiger partial charge is 0.206 e. The highest BCUT2D eigenvalue weighted by Gasteiger charge is 2.40. The van der Waals surface area contributed by atoms with Crippen LogP contribution in [0.4, 0.5) is 0 Å². The van der Waals surface area contributed by atoms with E-state index < -0.39 is 9.84 Å². The van der Waals surface area contributed by atoms with E-state index in [0.717, 1.165) is 23.7 Å². The van der Waals surface area contributed by atoms with Crippen LogP contribution in [0.5, 0.6) is 0 Å². The Morgan fingerprint density at radius 3 is 2.50 bits per heavy atom. The summed E-state index contributed by atoms with van der Waals surface area (Å²) in [6, 6.07) is 15.3. The third-order valence-corrected chi connectivity index (χ3v) is 8.07. The van der Waals surface area contributed by atoms with Gasteiger partial charge in [-0.2, -0.15) is 0 Å². The maximum absolute atomic E-state index is 13.1. The van der Waals surface area contributed by atoms with E-state index >= 15 is 0 Å². The quantitative estimate of drug-likeness (QED) is 0.694. The molecule has 2 unspecified atom stereocenters. The van der Waals surface area contributed by atoms with Crippen LogP contribution < -0.4 is 0 Å². The zero-order chi connectivity index (χ0) is 18.1. The Bertz CT molecular complexity index is 1120. The first-order chi connectivity index (χ1) is 12.5. The fourth-order valence-corrected chi connectivity index (χ4v) is 6.16. The van der Waals surface area contributed by atoms with Gasteiger partial charge in [-0.3, -0.25) is 4.90 Å². The second kappa shape index (κ2) is 5.44. The van der Waals surface area contributed by atoms with Crippen LogP contribution in [0.1, 0.15) is 30.1 Å². The van der Waals surface area contributed by atoms with Crippen LogP contribution >= 0.6 is 0 Å². The monoisotopic (exact) mass is 366 g/mol. The summed E-state index contributed by atoms with van der Waals surface area (Å²) < 4.78 is 28.4. The standard InChI is InChI=1S/C21H22N2O2S/c1-22-14-8-10-19(22)21-17-13-16(9-11-18(17)23(2)20(21)12-14)26(24,25)15-6-4-3-5-7-15/h3-7,9,11,13-14,19H,8,10,12H2,1-2H3. The number of rotatable bonds is 2. The number of aryl methyl sites for hydroxylation is 1. The third-order valence-electron chi connectivity index (χ3n) is 6.30. The predicted octanol–water partition coefficient (Wildman–Crippen LogP) is 3.70. The lowest BCUT2D eigenvalue weighted by Crippen LogP contribution is -2.34. The van der Waals surface area contributed by atoms with Gasteiger partial charge in [-0.05, 0) is 55.8 Å². The molecule has 2 bridgehead atoms. The first kappa shape index (κ1) is 16.1. The van der Waals surface area contributed by atoms with Crippen LogP contribution in [0.15, 0.2) is 58.3 Å². The molecule has 3 heterocycles. The van der Waals surface area contributed by atoms with Gasteiger partial charge < -0.3 is 4.57 Å². The van der Waals surface area contributed by atoms with Crippen molar-refractivity contribution in [2.75, 3.05) is 7.05 Å². The molecular formula is C21H22N2O2S. The van der Waals surface area contributed by atoms with Crippen molar-refractivity contribution in [1.82, 2.24) is 9.47 Å². The highest BCUT2D eigenvalue weighted by molar-refractivity contribution is 7.91. The molecule has 134 valence electrons. The molecule has 2 atom stereocenters. The number of hydrogen-bond acceptors (Lipinski definition) is 3. The fourth-order valence-electron chi connectivity index (χ4n) is 4.86. The number of hydrogen-bond donors (Lipinski definition) is 0. The van der Waals surface area contributed by atoms with E-state index in [0.29, 0.717) is 21.9 Å². The van der Waals surface area contributed by atoms with Gasteiger partial charge in [-0.1, -0.05) is 18.2 Å². The molecule has 2 aliphatic heterocycles. The fraction of sp³-hybridized carbons (Fsp3) is 0.333. The number of sulfone groups is 1. The van der Waals surface area contributed by atoms with Crippen LogP contribution in [-0.2, 0) is 23.3 Å². The summed E-state index contributed by atoms with van der Waals surface area (Å²) in [5.41, 5.74) is 3.84. The van der Waals surface area contributed by atoms with Gasteiger partial charge in [-0.15, -0.1) is 0 Å². The van der Waals surface area contributed by atoms with E-state index in [1.54, 1.807) is 30.3 Å². The molecule has 0 spiro atoms. The second-order valence-corrected chi connectivity index (χ2v) is 9.48. The molecule has 1 aromatic heterocycles. The molecular weight excluding hydrogens is 344 g/mol. The number of benzene rings is 2. The number of likely N-dealkylation sites (N-methyl/N-ethyl adjacent to an activating group) is 1. The Kier molecular flexibility index (Phi) is 3.37. The first-order valence-electron chi connectivity index (χ1n) is 9.12. The highest BCUT2D eigenvalue weighted by atomic mass is 32.2. The van der Waals surface area contributed by atoms with Gasteiger partial charge in [0.2, 0.25) is 9.84 Å². The van der Waals surface area contributed by atoms with Crippen LogP contribution in [0, 0.1) is 0 Å². The maximum atomic E-state index is 13.1. The van der Waals surface area contributed by atoms with E-state index in [2.05, 4.69) is 23.6 Å². The van der Waals surface area contributed by atoms with Crippen molar-refractivity contribution in [2.24, 2.45) is 7.05 Å². The van der Waals surface area contributed by atoms with E-state index in [1.807, 2.05) is 18.2 Å². The molecule has 0 radical (unpaired) electrons. The Balaban J connectivity index is 1.73. The molecule has 2 aliphatic rings. The molecule has 0 amide bonds. The van der Waals surface area contributed by atoms with Gasteiger partial charge in [0.1, 0.15) is 0 Å². The van der Waals surface area contributed by atoms with Gasteiger partial charge in [-0.25, -0.2) is 8.42 Å². The Labute approximate surface area is 154 Å². The van der Waals surface area contributed by atoms with Crippen LogP contribution in [0.25, 0.3) is 10.9 Å². The SMILES string of the molecule is CN1C2CCC1c1c(n(C)c3ccc(S(=O)(=O)c4ccccc4)cc13)C2. The Hall–Kier alpha value is -2.11. The molecule has 0 saturated carbocycles. The second-order valence-electron chi connectivity index (χ2n) is 7.53. The van der Waals surface area contributed by atoms with Crippen molar-refractivity contribution >= 4 is 20.7 Å². The van der Waals surface area contributed by atoms with Crippen molar-refractivity contribution < 1.29 is 8.42 Å². The van der Waals surface area contributed by atoms with Gasteiger partial charge in [0.25, 0.3) is 0 Å². The summed E-state index contributed by atoms with van der Waals surface area (Å²) in [5, 5.41) is 1.09. The minimum Gasteiger partial charge on any atom is -0.347 e. The van der Waals surface area contributed by atoms with Gasteiger partial charge >= 0.3 is 0 Å². The molecule has 26 heavy (non-hydrogen) atoms. The first-order valence-corrected chi connectivity index (χ1v) is 10.6. The summed E-state index contributed by atoms with van der Waals surface area (Å²) in [7, 11) is 0.814. The Morgan fingerprint density at radius 1 is 0.962 bits per heavy atom. The van der Waals surface area contributed by atoms with E-state index in [1.165, 1.54) is 17.7 Å². The van der Waals surface area contributed by atoms with Crippen molar-refractivity contribution in [3.63, 3.8) is 0 Å². The molecule has 0 aliphatic carbocycles. The van der Waals surface area contributed by atoms with Crippen LogP contribution in [-0.4, -0.2) is 31.0 Å². The summed E-state index contributed by atoms with van der Waals surface area (Å²) in [6.45, 7) is 0. The van der Waals surface area contributed by atoms with Crippen molar-refractivity contribution in [3.05, 3.63) is 59.8 Å². The lowest BCUT2D eigenvalue weighted by atomic mass is 9.97. The molecule has 5 rings (SSSR count). The maximum Gasteiger partial charge on any atom is 0.206 e. The lowest BCUT2D eigenvalue weighted by molar-refractivity contribution is 0.222. The molecule has 3 aromatic rings. The molecule has 5 heteroatoms. The Morgan fingerprint density at radius 2 is 1.73 bits per heavy atom. The lowest BCUT2D eigenvalue weighted by Gasteiger charge is -2.32. The van der Waals surface area contributed by atoms with Crippen LogP contribution in [0.3, 0.4) is 0 Å². The van der Waals surface area contributed by atoms with E-state index in [9.17, 15) is 8.42 Å². The topological polar surface area (TPSA) is 42.3 Å². The van der Waals surface area contributed by atoms with Crippen molar-refractivity contribution in [2.45, 2.75) is 41.1 Å². The summed E-state index contributed by atoms with van der Waals surface area (Å²) in [5.74, 6) is 0. The van der Waals surface area contributed by atoms with Crippen molar-refractivity contribution in [1.29, 1.82) is 0 Å². The molecule has 1 saturated heterocycles. The average molecular weight is 366 g/mol. The number of aromatic nitrogens is 1. The van der Waals surface area contributed by atoms with Crippen molar-refractivity contribution in [3.8, 4) is 0 Å². The number of fused-ring (bicyclic) bond motifs is 6. The summed E-state index contributed by atoms with van der Waals surface area (Å²) in [4.78, 5) is 3.20. The predicted molar refractivity (Wildman–Crippen MR) is 102 cm³/mol. The minimum absolute atomic E-state index is 0.349. The summed E-state index contributed by atoms with van der Waals surface area (Å²) >= 11 is 0. The number of nitrogens with zero attached hydrogens (tertiary/aromatic N) is 2. The molecule has 2 aromatic carbocycles. The highest BCUT2D eigenvalue weighted by Crippen LogP contribution is 2.46. The zero-order valence-electron chi connectivity index (χ0n) is 15.0. The largest absolute Gasteiger partial charge is 0.347 e. The average Bonchev–Trinajstić information content (AvgIpc) is 3.06. The molecule has 0 N–H and O–H groups in total.